The fraction of sp³-hybridized carbons (Fsp3) is 0.381. The summed E-state index contributed by atoms with van der Waals surface area (Å²) >= 11 is 3.48. The zero-order valence-corrected chi connectivity index (χ0v) is 16.2. The van der Waals surface area contributed by atoms with Crippen LogP contribution in [0.3, 0.4) is 0 Å². The lowest BCUT2D eigenvalue weighted by Gasteiger charge is -2.34. The molecule has 0 N–H and O–H groups in total. The molecule has 0 radical (unpaired) electrons. The molecule has 1 heterocycles. The molecule has 0 atom stereocenters. The molecule has 0 unspecified atom stereocenters. The number of ether oxygens (including phenoxy) is 2. The second kappa shape index (κ2) is 7.70. The standard InChI is InChI=1S/C21H22BrNO3/c22-17-6-4-5-16(12-17)21(24)23(18-7-2-1-3-8-18)13-15-9-10-19-20(11-15)26-14-25-19/h4-6,9-12,18H,1-3,7-8,13-14H2. The van der Waals surface area contributed by atoms with Crippen molar-refractivity contribution in [2.75, 3.05) is 6.79 Å². The maximum Gasteiger partial charge on any atom is 0.254 e. The fourth-order valence-corrected chi connectivity index (χ4v) is 4.18. The average Bonchev–Trinajstić information content (AvgIpc) is 3.14. The van der Waals surface area contributed by atoms with E-state index < -0.39 is 0 Å². The van der Waals surface area contributed by atoms with Crippen LogP contribution in [0.25, 0.3) is 0 Å². The number of fused-ring (bicyclic) bond motifs is 1. The Labute approximate surface area is 162 Å². The predicted molar refractivity (Wildman–Crippen MR) is 103 cm³/mol. The Morgan fingerprint density at radius 2 is 1.85 bits per heavy atom. The van der Waals surface area contributed by atoms with Gasteiger partial charge in [-0.25, -0.2) is 0 Å². The van der Waals surface area contributed by atoms with E-state index in [4.69, 9.17) is 9.47 Å². The minimum atomic E-state index is 0.0934. The Bertz CT molecular complexity index is 802. The van der Waals surface area contributed by atoms with Gasteiger partial charge in [-0.1, -0.05) is 47.3 Å². The molecule has 0 aromatic heterocycles. The predicted octanol–water partition coefficient (Wildman–Crippen LogP) is 5.15. The quantitative estimate of drug-likeness (QED) is 0.692. The van der Waals surface area contributed by atoms with Crippen molar-refractivity contribution in [1.29, 1.82) is 0 Å². The number of hydrogen-bond acceptors (Lipinski definition) is 3. The molecule has 1 aliphatic carbocycles. The zero-order valence-electron chi connectivity index (χ0n) is 14.6. The van der Waals surface area contributed by atoms with Crippen LogP contribution in [0, 0.1) is 0 Å². The molecule has 2 aromatic rings. The van der Waals surface area contributed by atoms with Gasteiger partial charge >= 0.3 is 0 Å². The number of rotatable bonds is 4. The van der Waals surface area contributed by atoms with Crippen molar-refractivity contribution in [2.45, 2.75) is 44.7 Å². The number of nitrogens with zero attached hydrogens (tertiary/aromatic N) is 1. The molecule has 2 aliphatic rings. The highest BCUT2D eigenvalue weighted by atomic mass is 79.9. The minimum absolute atomic E-state index is 0.0934. The lowest BCUT2D eigenvalue weighted by molar-refractivity contribution is 0.0614. The maximum atomic E-state index is 13.3. The van der Waals surface area contributed by atoms with Crippen molar-refractivity contribution in [3.63, 3.8) is 0 Å². The van der Waals surface area contributed by atoms with Crippen molar-refractivity contribution < 1.29 is 14.3 Å². The van der Waals surface area contributed by atoms with Gasteiger partial charge in [0.05, 0.1) is 0 Å². The summed E-state index contributed by atoms with van der Waals surface area (Å²) in [6.07, 6.45) is 5.79. The highest BCUT2D eigenvalue weighted by molar-refractivity contribution is 9.10. The van der Waals surface area contributed by atoms with Crippen LogP contribution in [-0.2, 0) is 6.54 Å². The van der Waals surface area contributed by atoms with Crippen molar-refractivity contribution in [1.82, 2.24) is 4.90 Å². The Balaban J connectivity index is 1.61. The van der Waals surface area contributed by atoms with Crippen LogP contribution < -0.4 is 9.47 Å². The van der Waals surface area contributed by atoms with Crippen molar-refractivity contribution in [3.8, 4) is 11.5 Å². The van der Waals surface area contributed by atoms with Crippen molar-refractivity contribution in [3.05, 3.63) is 58.1 Å². The molecule has 1 amide bonds. The number of hydrogen-bond donors (Lipinski definition) is 0. The Kier molecular flexibility index (Phi) is 5.16. The summed E-state index contributed by atoms with van der Waals surface area (Å²) in [7, 11) is 0. The molecular weight excluding hydrogens is 394 g/mol. The van der Waals surface area contributed by atoms with E-state index >= 15 is 0 Å². The molecule has 4 nitrogen and oxygen atoms in total. The largest absolute Gasteiger partial charge is 0.454 e. The van der Waals surface area contributed by atoms with E-state index in [1.807, 2.05) is 47.4 Å². The Morgan fingerprint density at radius 1 is 1.04 bits per heavy atom. The zero-order chi connectivity index (χ0) is 17.9. The van der Waals surface area contributed by atoms with Gasteiger partial charge in [0, 0.05) is 22.6 Å². The molecule has 1 saturated carbocycles. The molecule has 4 rings (SSSR count). The molecule has 0 saturated heterocycles. The number of amides is 1. The molecular formula is C21H22BrNO3. The number of carbonyl (C=O) groups excluding carboxylic acids is 1. The molecule has 5 heteroatoms. The lowest BCUT2D eigenvalue weighted by atomic mass is 9.93. The van der Waals surface area contributed by atoms with Gasteiger partial charge in [-0.3, -0.25) is 4.79 Å². The van der Waals surface area contributed by atoms with Crippen LogP contribution in [0.15, 0.2) is 46.9 Å². The smallest absolute Gasteiger partial charge is 0.254 e. The molecule has 2 aromatic carbocycles. The highest BCUT2D eigenvalue weighted by Gasteiger charge is 2.27. The fourth-order valence-electron chi connectivity index (χ4n) is 3.78. The van der Waals surface area contributed by atoms with E-state index in [0.717, 1.165) is 39.9 Å². The van der Waals surface area contributed by atoms with E-state index in [9.17, 15) is 4.79 Å². The van der Waals surface area contributed by atoms with Crippen LogP contribution in [0.4, 0.5) is 0 Å². The van der Waals surface area contributed by atoms with E-state index in [-0.39, 0.29) is 12.7 Å². The normalized spacial score (nSPS) is 16.5. The van der Waals surface area contributed by atoms with Gasteiger partial charge in [-0.15, -0.1) is 0 Å². The van der Waals surface area contributed by atoms with Crippen molar-refractivity contribution in [2.24, 2.45) is 0 Å². The molecule has 0 spiro atoms. The molecule has 0 bridgehead atoms. The third-order valence-electron chi connectivity index (χ3n) is 5.14. The third-order valence-corrected chi connectivity index (χ3v) is 5.63. The van der Waals surface area contributed by atoms with Crippen LogP contribution >= 0.6 is 15.9 Å². The van der Waals surface area contributed by atoms with E-state index in [1.165, 1.54) is 19.3 Å². The minimum Gasteiger partial charge on any atom is -0.454 e. The first-order chi connectivity index (χ1) is 12.7. The molecule has 136 valence electrons. The highest BCUT2D eigenvalue weighted by Crippen LogP contribution is 2.34. The summed E-state index contributed by atoms with van der Waals surface area (Å²) in [6.45, 7) is 0.856. The summed E-state index contributed by atoms with van der Waals surface area (Å²) in [4.78, 5) is 15.3. The number of benzene rings is 2. The average molecular weight is 416 g/mol. The van der Waals surface area contributed by atoms with Gasteiger partial charge in [0.25, 0.3) is 5.91 Å². The molecule has 1 fully saturated rings. The number of halogens is 1. The third kappa shape index (κ3) is 3.73. The van der Waals surface area contributed by atoms with Gasteiger partial charge in [0.2, 0.25) is 6.79 Å². The van der Waals surface area contributed by atoms with Crippen LogP contribution in [0.2, 0.25) is 0 Å². The summed E-state index contributed by atoms with van der Waals surface area (Å²) in [6, 6.07) is 13.9. The summed E-state index contributed by atoms with van der Waals surface area (Å²) in [5.74, 6) is 1.63. The lowest BCUT2D eigenvalue weighted by Crippen LogP contribution is -2.41. The van der Waals surface area contributed by atoms with Gasteiger partial charge in [0.15, 0.2) is 11.5 Å². The summed E-state index contributed by atoms with van der Waals surface area (Å²) in [5.41, 5.74) is 1.80. The van der Waals surface area contributed by atoms with Gasteiger partial charge in [-0.05, 0) is 48.7 Å². The van der Waals surface area contributed by atoms with E-state index in [1.54, 1.807) is 0 Å². The van der Waals surface area contributed by atoms with Crippen LogP contribution in [0.1, 0.15) is 48.0 Å². The maximum absolute atomic E-state index is 13.3. The second-order valence-corrected chi connectivity index (χ2v) is 7.84. The first-order valence-corrected chi connectivity index (χ1v) is 9.95. The van der Waals surface area contributed by atoms with E-state index in [0.29, 0.717) is 12.6 Å². The Hall–Kier alpha value is -2.01. The van der Waals surface area contributed by atoms with Crippen LogP contribution in [0.5, 0.6) is 11.5 Å². The summed E-state index contributed by atoms with van der Waals surface area (Å²) < 4.78 is 11.8. The first-order valence-electron chi connectivity index (χ1n) is 9.16. The van der Waals surface area contributed by atoms with Crippen molar-refractivity contribution >= 4 is 21.8 Å². The van der Waals surface area contributed by atoms with Crippen LogP contribution in [-0.4, -0.2) is 23.6 Å². The van der Waals surface area contributed by atoms with Gasteiger partial charge in [-0.2, -0.15) is 0 Å². The molecule has 26 heavy (non-hydrogen) atoms. The first kappa shape index (κ1) is 17.4. The second-order valence-electron chi connectivity index (χ2n) is 6.92. The Morgan fingerprint density at radius 3 is 2.65 bits per heavy atom. The number of carbonyl (C=O) groups is 1. The molecule has 1 aliphatic heterocycles. The topological polar surface area (TPSA) is 38.8 Å². The van der Waals surface area contributed by atoms with Gasteiger partial charge < -0.3 is 14.4 Å². The van der Waals surface area contributed by atoms with E-state index in [2.05, 4.69) is 15.9 Å². The summed E-state index contributed by atoms with van der Waals surface area (Å²) in [5, 5.41) is 0. The monoisotopic (exact) mass is 415 g/mol. The van der Waals surface area contributed by atoms with Gasteiger partial charge in [0.1, 0.15) is 0 Å². The SMILES string of the molecule is O=C(c1cccc(Br)c1)N(Cc1ccc2c(c1)OCO2)C1CCCCC1.